The molecule has 0 saturated heterocycles. The fraction of sp³-hybridized carbons (Fsp3) is 0.500. The Morgan fingerprint density at radius 2 is 1.88 bits per heavy atom. The van der Waals surface area contributed by atoms with Gasteiger partial charge in [-0.15, -0.1) is 0 Å². The van der Waals surface area contributed by atoms with Gasteiger partial charge in [0.15, 0.2) is 0 Å². The van der Waals surface area contributed by atoms with E-state index in [9.17, 15) is 23.1 Å². The molecule has 1 unspecified atom stereocenters. The molecule has 256 valence electrons. The van der Waals surface area contributed by atoms with Gasteiger partial charge >= 0.3 is 5.97 Å². The molecule has 5 atom stereocenters. The largest absolute Gasteiger partial charge is 0.490 e. The highest BCUT2D eigenvalue weighted by Gasteiger charge is 2.44. The topological polar surface area (TPSA) is 130 Å². The number of anilines is 1. The second kappa shape index (κ2) is 13.7. The van der Waals surface area contributed by atoms with Crippen LogP contribution < -0.4 is 9.64 Å². The molecule has 1 aromatic heterocycles. The van der Waals surface area contributed by atoms with Gasteiger partial charge < -0.3 is 19.6 Å². The lowest BCUT2D eigenvalue weighted by atomic mass is 9.69. The Kier molecular flexibility index (Phi) is 9.73. The summed E-state index contributed by atoms with van der Waals surface area (Å²) in [5, 5.41) is 9.51. The molecule has 1 saturated carbocycles. The standard InChI is InChI=1S/C36H43ClN4O6S/c1-23(24(2)48(45,46)35-38-14-5-15-39-35)16-33(42)40(3)19-27-7-8-28(27)20-41-21-36(13-4-6-25-17-29(37)10-11-30(25)36)22-47-32-12-9-26(34(43)44)18-31(32)41/h5,9-12,14-15,17-18,23-24,27-28H,4,6-8,13,16,19-22H2,1-3H3,(H,43,44)/t23-,24+,27-,28-,36?/m0/s1. The molecule has 6 rings (SSSR count). The van der Waals surface area contributed by atoms with E-state index in [1.165, 1.54) is 23.5 Å². The predicted octanol–water partition coefficient (Wildman–Crippen LogP) is 5.67. The Hall–Kier alpha value is -3.70. The minimum absolute atomic E-state index is 0.0970. The average Bonchev–Trinajstić information content (AvgIpc) is 3.22. The van der Waals surface area contributed by atoms with Crippen molar-refractivity contribution in [3.63, 3.8) is 0 Å². The number of aromatic carboxylic acids is 1. The molecular formula is C36H43ClN4O6S. The van der Waals surface area contributed by atoms with Crippen molar-refractivity contribution in [2.75, 3.05) is 38.2 Å². The number of amides is 1. The van der Waals surface area contributed by atoms with Crippen LogP contribution in [-0.2, 0) is 26.5 Å². The lowest BCUT2D eigenvalue weighted by molar-refractivity contribution is -0.132. The summed E-state index contributed by atoms with van der Waals surface area (Å²) in [6, 6.07) is 12.8. The number of carbonyl (C=O) groups excluding carboxylic acids is 1. The fourth-order valence-corrected chi connectivity index (χ4v) is 9.25. The van der Waals surface area contributed by atoms with E-state index in [1.807, 2.05) is 6.07 Å². The summed E-state index contributed by atoms with van der Waals surface area (Å²) < 4.78 is 32.6. The molecule has 2 aromatic carbocycles. The first-order valence-corrected chi connectivity index (χ1v) is 18.6. The maximum absolute atomic E-state index is 13.4. The number of carbonyl (C=O) groups is 2. The average molecular weight is 695 g/mol. The third-order valence-electron chi connectivity index (χ3n) is 10.8. The number of carboxylic acid groups (broad SMARTS) is 1. The zero-order valence-corrected chi connectivity index (χ0v) is 29.2. The Morgan fingerprint density at radius 3 is 2.58 bits per heavy atom. The monoisotopic (exact) mass is 694 g/mol. The summed E-state index contributed by atoms with van der Waals surface area (Å²) in [5.41, 5.74) is 3.21. The molecule has 1 N–H and O–H groups in total. The highest BCUT2D eigenvalue weighted by Crippen LogP contribution is 2.46. The van der Waals surface area contributed by atoms with E-state index in [-0.39, 0.29) is 40.3 Å². The van der Waals surface area contributed by atoms with Crippen LogP contribution in [0.5, 0.6) is 5.75 Å². The Morgan fingerprint density at radius 1 is 1.12 bits per heavy atom. The first kappa shape index (κ1) is 34.2. The molecule has 48 heavy (non-hydrogen) atoms. The Balaban J connectivity index is 1.17. The van der Waals surface area contributed by atoms with E-state index in [2.05, 4.69) is 27.0 Å². The molecule has 1 fully saturated rings. The Labute approximate surface area is 287 Å². The maximum Gasteiger partial charge on any atom is 0.335 e. The first-order chi connectivity index (χ1) is 22.9. The molecular weight excluding hydrogens is 652 g/mol. The van der Waals surface area contributed by atoms with E-state index in [0.717, 1.165) is 42.8 Å². The molecule has 10 nitrogen and oxygen atoms in total. The third-order valence-corrected chi connectivity index (χ3v) is 13.2. The number of ether oxygens (including phenoxy) is 1. The molecule has 1 aliphatic heterocycles. The van der Waals surface area contributed by atoms with Crippen LogP contribution in [0.3, 0.4) is 0 Å². The predicted molar refractivity (Wildman–Crippen MR) is 183 cm³/mol. The number of benzene rings is 2. The van der Waals surface area contributed by atoms with Crippen molar-refractivity contribution in [2.24, 2.45) is 17.8 Å². The molecule has 1 amide bonds. The number of nitrogens with zero attached hydrogens (tertiary/aromatic N) is 4. The zero-order chi connectivity index (χ0) is 34.2. The second-order valence-corrected chi connectivity index (χ2v) is 16.6. The van der Waals surface area contributed by atoms with E-state index in [4.69, 9.17) is 16.3 Å². The minimum Gasteiger partial charge on any atom is -0.490 e. The lowest BCUT2D eigenvalue weighted by Crippen LogP contribution is -2.49. The number of sulfone groups is 1. The highest BCUT2D eigenvalue weighted by molar-refractivity contribution is 7.91. The van der Waals surface area contributed by atoms with Gasteiger partial charge in [0.1, 0.15) is 5.75 Å². The van der Waals surface area contributed by atoms with Crippen LogP contribution in [0.4, 0.5) is 5.69 Å². The van der Waals surface area contributed by atoms with Crippen molar-refractivity contribution in [2.45, 2.75) is 68.2 Å². The van der Waals surface area contributed by atoms with Gasteiger partial charge in [0.05, 0.1) is 23.1 Å². The summed E-state index contributed by atoms with van der Waals surface area (Å²) in [4.78, 5) is 37.2. The quantitative estimate of drug-likeness (QED) is 0.267. The van der Waals surface area contributed by atoms with Gasteiger partial charge in [-0.2, -0.15) is 0 Å². The van der Waals surface area contributed by atoms with E-state index in [1.54, 1.807) is 50.1 Å². The summed E-state index contributed by atoms with van der Waals surface area (Å²) in [6.45, 7) is 5.84. The Bertz CT molecular complexity index is 1790. The van der Waals surface area contributed by atoms with Crippen LogP contribution in [0.15, 0.2) is 60.0 Å². The normalized spacial score (nSPS) is 23.1. The van der Waals surface area contributed by atoms with Gasteiger partial charge in [-0.3, -0.25) is 4.79 Å². The molecule has 2 heterocycles. The van der Waals surface area contributed by atoms with Crippen molar-refractivity contribution in [1.29, 1.82) is 0 Å². The van der Waals surface area contributed by atoms with Crippen LogP contribution >= 0.6 is 11.6 Å². The molecule has 0 radical (unpaired) electrons. The molecule has 0 bridgehead atoms. The fourth-order valence-electron chi connectivity index (χ4n) is 7.60. The number of fused-ring (bicyclic) bond motifs is 3. The van der Waals surface area contributed by atoms with Crippen LogP contribution in [0, 0.1) is 17.8 Å². The van der Waals surface area contributed by atoms with Crippen molar-refractivity contribution in [1.82, 2.24) is 14.9 Å². The summed E-state index contributed by atoms with van der Waals surface area (Å²) in [6.07, 6.45) is 7.80. The lowest BCUT2D eigenvalue weighted by Gasteiger charge is -2.45. The first-order valence-electron chi connectivity index (χ1n) is 16.7. The second-order valence-electron chi connectivity index (χ2n) is 13.9. The van der Waals surface area contributed by atoms with Gasteiger partial charge in [0.25, 0.3) is 0 Å². The van der Waals surface area contributed by atoms with Crippen molar-refractivity contribution in [3.8, 4) is 5.75 Å². The molecule has 12 heteroatoms. The van der Waals surface area contributed by atoms with Gasteiger partial charge in [0, 0.05) is 55.9 Å². The number of aromatic nitrogens is 2. The maximum atomic E-state index is 13.4. The van der Waals surface area contributed by atoms with E-state index >= 15 is 0 Å². The summed E-state index contributed by atoms with van der Waals surface area (Å²) >= 11 is 6.39. The number of hydrogen-bond donors (Lipinski definition) is 1. The van der Waals surface area contributed by atoms with Crippen molar-refractivity contribution >= 4 is 39.0 Å². The van der Waals surface area contributed by atoms with Crippen molar-refractivity contribution in [3.05, 3.63) is 76.6 Å². The van der Waals surface area contributed by atoms with Gasteiger partial charge in [0.2, 0.25) is 20.9 Å². The summed E-state index contributed by atoms with van der Waals surface area (Å²) in [5.74, 6) is -0.273. The number of aryl methyl sites for hydroxylation is 1. The van der Waals surface area contributed by atoms with Crippen LogP contribution in [0.25, 0.3) is 0 Å². The molecule has 2 aliphatic carbocycles. The van der Waals surface area contributed by atoms with E-state index < -0.39 is 27.0 Å². The summed E-state index contributed by atoms with van der Waals surface area (Å²) in [7, 11) is -1.98. The smallest absolute Gasteiger partial charge is 0.335 e. The van der Waals surface area contributed by atoms with Crippen molar-refractivity contribution < 1.29 is 27.9 Å². The van der Waals surface area contributed by atoms with Gasteiger partial charge in [-0.1, -0.05) is 24.6 Å². The number of halogens is 1. The van der Waals surface area contributed by atoms with Crippen LogP contribution in [0.2, 0.25) is 5.02 Å². The number of rotatable bonds is 10. The van der Waals surface area contributed by atoms with Crippen LogP contribution in [0.1, 0.15) is 67.4 Å². The third kappa shape index (κ3) is 6.76. The molecule has 1 spiro atoms. The minimum atomic E-state index is -3.77. The zero-order valence-electron chi connectivity index (χ0n) is 27.6. The SMILES string of the molecule is C[C@H]([C@@H](C)CC(=O)N(C)C[C@@H]1CC[C@H]1CN1CC2(CCCc3cc(Cl)ccc32)COc2ccc(C(=O)O)cc21)S(=O)(=O)c1ncccn1. The molecule has 3 aromatic rings. The highest BCUT2D eigenvalue weighted by atomic mass is 35.5. The van der Waals surface area contributed by atoms with Crippen LogP contribution in [-0.4, -0.2) is 78.8 Å². The number of carboxylic acids is 1. The molecule has 3 aliphatic rings. The van der Waals surface area contributed by atoms with E-state index in [0.29, 0.717) is 32.0 Å². The van der Waals surface area contributed by atoms with Gasteiger partial charge in [-0.05, 0) is 104 Å². The van der Waals surface area contributed by atoms with Gasteiger partial charge in [-0.25, -0.2) is 23.2 Å². The number of hydrogen-bond acceptors (Lipinski definition) is 8.